The van der Waals surface area contributed by atoms with E-state index < -0.39 is 5.60 Å². The van der Waals surface area contributed by atoms with Crippen LogP contribution in [0.3, 0.4) is 0 Å². The monoisotopic (exact) mass is 354 g/mol. The number of carbonyl (C=O) groups excluding carboxylic acids is 1. The van der Waals surface area contributed by atoms with Gasteiger partial charge in [0.25, 0.3) is 5.91 Å². The van der Waals surface area contributed by atoms with E-state index >= 15 is 0 Å². The lowest BCUT2D eigenvalue weighted by Crippen LogP contribution is -2.62. The van der Waals surface area contributed by atoms with Crippen molar-refractivity contribution in [3.8, 4) is 5.75 Å². The third-order valence-electron chi connectivity index (χ3n) is 4.63. The maximum atomic E-state index is 13.3. The van der Waals surface area contributed by atoms with Gasteiger partial charge in [0.05, 0.1) is 25.9 Å². The number of amides is 1. The maximum Gasteiger partial charge on any atom is 0.267 e. The number of aliphatic hydroxyl groups is 1. The van der Waals surface area contributed by atoms with Crippen molar-refractivity contribution in [2.45, 2.75) is 24.5 Å². The van der Waals surface area contributed by atoms with E-state index in [0.717, 1.165) is 0 Å². The van der Waals surface area contributed by atoms with Crippen LogP contribution < -0.4 is 10.1 Å². The number of halogens is 1. The first-order valence-corrected chi connectivity index (χ1v) is 8.67. The van der Waals surface area contributed by atoms with Crippen molar-refractivity contribution in [2.75, 3.05) is 39.5 Å². The van der Waals surface area contributed by atoms with E-state index in [1.54, 1.807) is 29.2 Å². The highest BCUT2D eigenvalue weighted by Gasteiger charge is 2.46. The Hall–Kier alpha value is -1.34. The molecule has 6 nitrogen and oxygen atoms in total. The van der Waals surface area contributed by atoms with Crippen molar-refractivity contribution in [3.05, 3.63) is 29.3 Å². The molecule has 0 bridgehead atoms. The molecule has 2 aliphatic heterocycles. The lowest BCUT2D eigenvalue weighted by atomic mass is 9.89. The first-order valence-electron chi connectivity index (χ1n) is 8.30. The van der Waals surface area contributed by atoms with Gasteiger partial charge in [-0.1, -0.05) is 11.6 Å². The number of piperidine rings is 1. The molecule has 7 heteroatoms. The number of aliphatic hydroxyl groups excluding tert-OH is 1. The summed E-state index contributed by atoms with van der Waals surface area (Å²) in [6.07, 6.45) is 1.17. The minimum Gasteiger partial charge on any atom is -0.477 e. The van der Waals surface area contributed by atoms with Crippen molar-refractivity contribution < 1.29 is 19.4 Å². The predicted octanol–water partition coefficient (Wildman–Crippen LogP) is 1.06. The smallest absolute Gasteiger partial charge is 0.267 e. The van der Waals surface area contributed by atoms with Crippen molar-refractivity contribution >= 4 is 17.5 Å². The van der Waals surface area contributed by atoms with E-state index in [1.165, 1.54) is 0 Å². The minimum atomic E-state index is -0.913. The van der Waals surface area contributed by atoms with Crippen molar-refractivity contribution in [2.24, 2.45) is 0 Å². The molecule has 2 heterocycles. The highest BCUT2D eigenvalue weighted by Crippen LogP contribution is 2.30. The fourth-order valence-corrected chi connectivity index (χ4v) is 3.38. The second-order valence-corrected chi connectivity index (χ2v) is 6.65. The zero-order valence-electron chi connectivity index (χ0n) is 13.5. The number of ether oxygens (including phenoxy) is 2. The standard InChI is InChI=1S/C17H23ClN2O4/c18-13-1-3-15(4-2-13)24-17(5-7-19-8-6-17)16(22)20-9-10-23-12-14(20)11-21/h1-4,14,19,21H,5-12H2/t14-/m0/s1. The Balaban J connectivity index is 1.84. The largest absolute Gasteiger partial charge is 0.477 e. The van der Waals surface area contributed by atoms with E-state index in [2.05, 4.69) is 5.32 Å². The number of morpholine rings is 1. The Morgan fingerprint density at radius 3 is 2.75 bits per heavy atom. The van der Waals surface area contributed by atoms with Gasteiger partial charge in [-0.3, -0.25) is 4.79 Å². The summed E-state index contributed by atoms with van der Waals surface area (Å²) in [4.78, 5) is 15.0. The summed E-state index contributed by atoms with van der Waals surface area (Å²) in [6.45, 7) is 2.64. The number of benzene rings is 1. The SMILES string of the molecule is O=C(N1CCOC[C@@H]1CO)C1(Oc2ccc(Cl)cc2)CCNCC1. The van der Waals surface area contributed by atoms with Crippen LogP contribution in [0.15, 0.2) is 24.3 Å². The van der Waals surface area contributed by atoms with Crippen LogP contribution in [-0.4, -0.2) is 67.0 Å². The first-order chi connectivity index (χ1) is 11.6. The van der Waals surface area contributed by atoms with Gasteiger partial charge in [0.1, 0.15) is 5.75 Å². The van der Waals surface area contributed by atoms with Gasteiger partial charge in [-0.15, -0.1) is 0 Å². The normalized spacial score (nSPS) is 23.8. The molecule has 0 unspecified atom stereocenters. The summed E-state index contributed by atoms with van der Waals surface area (Å²) in [5.74, 6) is 0.560. The number of nitrogens with zero attached hydrogens (tertiary/aromatic N) is 1. The third-order valence-corrected chi connectivity index (χ3v) is 4.88. The Bertz CT molecular complexity index is 560. The first kappa shape index (κ1) is 17.5. The molecule has 1 amide bonds. The molecule has 0 aliphatic carbocycles. The Kier molecular flexibility index (Phi) is 5.61. The van der Waals surface area contributed by atoms with E-state index in [4.69, 9.17) is 21.1 Å². The van der Waals surface area contributed by atoms with E-state index in [0.29, 0.717) is 56.5 Å². The summed E-state index contributed by atoms with van der Waals surface area (Å²) >= 11 is 5.93. The van der Waals surface area contributed by atoms with Crippen molar-refractivity contribution in [1.29, 1.82) is 0 Å². The highest BCUT2D eigenvalue weighted by molar-refractivity contribution is 6.30. The summed E-state index contributed by atoms with van der Waals surface area (Å²) in [5.41, 5.74) is -0.913. The van der Waals surface area contributed by atoms with E-state index in [9.17, 15) is 9.90 Å². The molecule has 1 atom stereocenters. The summed E-state index contributed by atoms with van der Waals surface area (Å²) in [6, 6.07) is 6.75. The molecule has 2 saturated heterocycles. The molecule has 2 fully saturated rings. The minimum absolute atomic E-state index is 0.0682. The Morgan fingerprint density at radius 2 is 2.08 bits per heavy atom. The lowest BCUT2D eigenvalue weighted by molar-refractivity contribution is -0.161. The fourth-order valence-electron chi connectivity index (χ4n) is 3.25. The van der Waals surface area contributed by atoms with Crippen LogP contribution in [0, 0.1) is 0 Å². The highest BCUT2D eigenvalue weighted by atomic mass is 35.5. The second-order valence-electron chi connectivity index (χ2n) is 6.21. The van der Waals surface area contributed by atoms with Gasteiger partial charge in [0.15, 0.2) is 5.60 Å². The molecule has 0 radical (unpaired) electrons. The fraction of sp³-hybridized carbons (Fsp3) is 0.588. The van der Waals surface area contributed by atoms with Crippen LogP contribution in [0.25, 0.3) is 0 Å². The molecule has 1 aromatic carbocycles. The van der Waals surface area contributed by atoms with Crippen LogP contribution >= 0.6 is 11.6 Å². The summed E-state index contributed by atoms with van der Waals surface area (Å²) < 4.78 is 11.6. The quantitative estimate of drug-likeness (QED) is 0.846. The molecule has 3 rings (SSSR count). The van der Waals surface area contributed by atoms with E-state index in [1.807, 2.05) is 0 Å². The molecule has 2 aliphatic rings. The average molecular weight is 355 g/mol. The number of hydrogen-bond acceptors (Lipinski definition) is 5. The number of nitrogens with one attached hydrogen (secondary N) is 1. The molecule has 0 spiro atoms. The van der Waals surface area contributed by atoms with Crippen molar-refractivity contribution in [1.82, 2.24) is 10.2 Å². The Labute approximate surface area is 146 Å². The molecule has 0 saturated carbocycles. The van der Waals surface area contributed by atoms with Gasteiger partial charge in [-0.05, 0) is 37.4 Å². The molecule has 2 N–H and O–H groups in total. The van der Waals surface area contributed by atoms with Gasteiger partial charge in [0.2, 0.25) is 0 Å². The number of hydrogen-bond donors (Lipinski definition) is 2. The average Bonchev–Trinajstić information content (AvgIpc) is 2.64. The predicted molar refractivity (Wildman–Crippen MR) is 90.3 cm³/mol. The van der Waals surface area contributed by atoms with Crippen LogP contribution in [0.5, 0.6) is 5.75 Å². The lowest BCUT2D eigenvalue weighted by Gasteiger charge is -2.43. The zero-order valence-corrected chi connectivity index (χ0v) is 14.3. The number of carbonyl (C=O) groups is 1. The van der Waals surface area contributed by atoms with Gasteiger partial charge >= 0.3 is 0 Å². The Morgan fingerprint density at radius 1 is 1.38 bits per heavy atom. The van der Waals surface area contributed by atoms with E-state index in [-0.39, 0.29) is 18.6 Å². The summed E-state index contributed by atoms with van der Waals surface area (Å²) in [5, 5.41) is 13.5. The number of rotatable bonds is 4. The topological polar surface area (TPSA) is 71.0 Å². The van der Waals surface area contributed by atoms with Gasteiger partial charge in [0, 0.05) is 24.4 Å². The molecule has 1 aromatic rings. The zero-order chi connectivity index (χ0) is 17.0. The van der Waals surface area contributed by atoms with Gasteiger partial charge in [-0.2, -0.15) is 0 Å². The van der Waals surface area contributed by atoms with Crippen LogP contribution in [0.4, 0.5) is 0 Å². The van der Waals surface area contributed by atoms with Gasteiger partial charge in [-0.25, -0.2) is 0 Å². The van der Waals surface area contributed by atoms with Crippen LogP contribution in [0.1, 0.15) is 12.8 Å². The van der Waals surface area contributed by atoms with Crippen LogP contribution in [0.2, 0.25) is 5.02 Å². The van der Waals surface area contributed by atoms with Crippen LogP contribution in [-0.2, 0) is 9.53 Å². The van der Waals surface area contributed by atoms with Gasteiger partial charge < -0.3 is 24.8 Å². The molecule has 0 aromatic heterocycles. The molecule has 132 valence electrons. The molecule has 24 heavy (non-hydrogen) atoms. The molecular weight excluding hydrogens is 332 g/mol. The van der Waals surface area contributed by atoms with Crippen molar-refractivity contribution in [3.63, 3.8) is 0 Å². The third kappa shape index (κ3) is 3.67. The maximum absolute atomic E-state index is 13.3. The summed E-state index contributed by atoms with van der Waals surface area (Å²) in [7, 11) is 0. The molecular formula is C17H23ClN2O4. The second kappa shape index (κ2) is 7.70.